The summed E-state index contributed by atoms with van der Waals surface area (Å²) >= 11 is 0. The van der Waals surface area contributed by atoms with Crippen molar-refractivity contribution >= 4 is 27.7 Å². The van der Waals surface area contributed by atoms with Crippen LogP contribution >= 0.6 is 0 Å². The van der Waals surface area contributed by atoms with E-state index in [2.05, 4.69) is 9.71 Å². The summed E-state index contributed by atoms with van der Waals surface area (Å²) < 4.78 is 26.6. The number of hydrogen-bond acceptors (Lipinski definition) is 5. The first-order chi connectivity index (χ1) is 9.30. The molecule has 2 N–H and O–H groups in total. The number of nitrogens with one attached hydrogen (secondary N) is 1. The van der Waals surface area contributed by atoms with Gasteiger partial charge < -0.3 is 15.3 Å². The van der Waals surface area contributed by atoms with Crippen LogP contribution in [0.2, 0.25) is 0 Å². The second-order valence-electron chi connectivity index (χ2n) is 4.35. The molecule has 0 bridgehead atoms. The summed E-state index contributed by atoms with van der Waals surface area (Å²) in [5.41, 5.74) is 0.0314. The molecular weight excluding hydrogens is 286 g/mol. The third-order valence-electron chi connectivity index (χ3n) is 2.82. The number of sulfonamides is 1. The highest BCUT2D eigenvalue weighted by atomic mass is 32.2. The Bertz CT molecular complexity index is 647. The average molecular weight is 299 g/mol. The van der Waals surface area contributed by atoms with Gasteiger partial charge in [-0.2, -0.15) is 0 Å². The number of carbonyl (C=O) groups excluding carboxylic acids is 1. The lowest BCUT2D eigenvalue weighted by Gasteiger charge is -2.28. The third kappa shape index (κ3) is 2.87. The summed E-state index contributed by atoms with van der Waals surface area (Å²) in [5, 5.41) is 11.0. The third-order valence-corrected chi connectivity index (χ3v) is 3.97. The molecule has 0 saturated carbocycles. The molecule has 2 heterocycles. The molecule has 9 heteroatoms. The van der Waals surface area contributed by atoms with Gasteiger partial charge in [-0.25, -0.2) is 8.42 Å². The number of carbonyl (C=O) groups is 2. The van der Waals surface area contributed by atoms with Gasteiger partial charge in [-0.05, 0) is 19.1 Å². The molecule has 0 radical (unpaired) electrons. The van der Waals surface area contributed by atoms with E-state index in [1.165, 1.54) is 13.0 Å². The van der Waals surface area contributed by atoms with Crippen molar-refractivity contribution in [1.29, 1.82) is 0 Å². The van der Waals surface area contributed by atoms with Crippen molar-refractivity contribution in [2.75, 3.05) is 12.3 Å². The van der Waals surface area contributed by atoms with Crippen LogP contribution in [0.15, 0.2) is 28.3 Å². The SMILES string of the molecule is C[C@@H](NC(=O)C1=CC=CN2CCS(=O)(=O)N=C12)C(=O)O. The van der Waals surface area contributed by atoms with Gasteiger partial charge in [0.2, 0.25) is 0 Å². The largest absolute Gasteiger partial charge is 0.480 e. The standard InChI is InChI=1S/C11H13N3O5S/c1-7(11(16)17)12-10(15)8-3-2-4-14-5-6-20(18,19)13-9(8)14/h2-4,7H,5-6H2,1H3,(H,12,15)(H,16,17)/t7-/m1/s1. The molecule has 1 amide bonds. The lowest BCUT2D eigenvalue weighted by molar-refractivity contribution is -0.140. The fourth-order valence-electron chi connectivity index (χ4n) is 1.73. The molecule has 2 rings (SSSR count). The van der Waals surface area contributed by atoms with Crippen LogP contribution in [-0.4, -0.2) is 54.5 Å². The first-order valence-corrected chi connectivity index (χ1v) is 7.43. The maximum atomic E-state index is 12.0. The predicted molar refractivity (Wildman–Crippen MR) is 70.4 cm³/mol. The highest BCUT2D eigenvalue weighted by Crippen LogP contribution is 2.17. The molecule has 0 aromatic carbocycles. The van der Waals surface area contributed by atoms with E-state index in [4.69, 9.17) is 5.11 Å². The van der Waals surface area contributed by atoms with Crippen molar-refractivity contribution in [2.24, 2.45) is 4.40 Å². The highest BCUT2D eigenvalue weighted by Gasteiger charge is 2.30. The Balaban J connectivity index is 2.29. The second-order valence-corrected chi connectivity index (χ2v) is 6.10. The number of carboxylic acids is 1. The number of amides is 1. The van der Waals surface area contributed by atoms with Crippen LogP contribution in [0.4, 0.5) is 0 Å². The van der Waals surface area contributed by atoms with E-state index >= 15 is 0 Å². The van der Waals surface area contributed by atoms with Crippen molar-refractivity contribution < 1.29 is 23.1 Å². The summed E-state index contributed by atoms with van der Waals surface area (Å²) in [6.45, 7) is 1.52. The molecule has 0 unspecified atom stereocenters. The predicted octanol–water partition coefficient (Wildman–Crippen LogP) is -0.927. The highest BCUT2D eigenvalue weighted by molar-refractivity contribution is 7.90. The topological polar surface area (TPSA) is 116 Å². The Hall–Kier alpha value is -2.16. The summed E-state index contributed by atoms with van der Waals surface area (Å²) in [5.74, 6) is -1.96. The lowest BCUT2D eigenvalue weighted by Crippen LogP contribution is -2.45. The Morgan fingerprint density at radius 1 is 1.50 bits per heavy atom. The van der Waals surface area contributed by atoms with Crippen molar-refractivity contribution in [3.63, 3.8) is 0 Å². The molecule has 0 fully saturated rings. The van der Waals surface area contributed by atoms with E-state index in [-0.39, 0.29) is 23.7 Å². The van der Waals surface area contributed by atoms with Gasteiger partial charge in [0.15, 0.2) is 5.84 Å². The summed E-state index contributed by atoms with van der Waals surface area (Å²) in [6.07, 6.45) is 4.60. The van der Waals surface area contributed by atoms with Crippen LogP contribution < -0.4 is 5.32 Å². The Morgan fingerprint density at radius 2 is 2.20 bits per heavy atom. The van der Waals surface area contributed by atoms with Gasteiger partial charge in [-0.1, -0.05) is 0 Å². The molecule has 1 atom stereocenters. The number of nitrogens with zero attached hydrogens (tertiary/aromatic N) is 2. The quantitative estimate of drug-likeness (QED) is 0.695. The van der Waals surface area contributed by atoms with Crippen LogP contribution in [-0.2, 0) is 19.6 Å². The van der Waals surface area contributed by atoms with Gasteiger partial charge in [0.25, 0.3) is 15.9 Å². The molecule has 0 aromatic rings. The summed E-state index contributed by atoms with van der Waals surface area (Å²) in [6, 6.07) is -1.08. The molecular formula is C11H13N3O5S. The molecule has 0 aromatic heterocycles. The van der Waals surface area contributed by atoms with E-state index in [1.807, 2.05) is 0 Å². The van der Waals surface area contributed by atoms with Gasteiger partial charge >= 0.3 is 5.97 Å². The van der Waals surface area contributed by atoms with E-state index in [9.17, 15) is 18.0 Å². The van der Waals surface area contributed by atoms with Crippen LogP contribution in [0.25, 0.3) is 0 Å². The summed E-state index contributed by atoms with van der Waals surface area (Å²) in [7, 11) is -3.59. The molecule has 20 heavy (non-hydrogen) atoms. The first-order valence-electron chi connectivity index (χ1n) is 5.82. The van der Waals surface area contributed by atoms with Gasteiger partial charge in [0.05, 0.1) is 11.3 Å². The van der Waals surface area contributed by atoms with Crippen LogP contribution in [0.3, 0.4) is 0 Å². The van der Waals surface area contributed by atoms with Gasteiger partial charge in [-0.3, -0.25) is 9.59 Å². The zero-order valence-electron chi connectivity index (χ0n) is 10.6. The van der Waals surface area contributed by atoms with Gasteiger partial charge in [0.1, 0.15) is 6.04 Å². The van der Waals surface area contributed by atoms with Crippen LogP contribution in [0.1, 0.15) is 6.92 Å². The van der Waals surface area contributed by atoms with E-state index in [0.717, 1.165) is 0 Å². The number of amidine groups is 1. The molecule has 0 aliphatic carbocycles. The van der Waals surface area contributed by atoms with Crippen molar-refractivity contribution in [3.8, 4) is 0 Å². The van der Waals surface area contributed by atoms with Crippen molar-refractivity contribution in [2.45, 2.75) is 13.0 Å². The number of aliphatic carboxylic acids is 1. The number of fused-ring (bicyclic) bond motifs is 1. The monoisotopic (exact) mass is 299 g/mol. The normalized spacial score (nSPS) is 21.4. The zero-order chi connectivity index (χ0) is 14.9. The van der Waals surface area contributed by atoms with Crippen molar-refractivity contribution in [3.05, 3.63) is 23.9 Å². The average Bonchev–Trinajstić information content (AvgIpc) is 2.36. The van der Waals surface area contributed by atoms with Crippen molar-refractivity contribution in [1.82, 2.24) is 10.2 Å². The van der Waals surface area contributed by atoms with E-state index in [0.29, 0.717) is 0 Å². The van der Waals surface area contributed by atoms with Gasteiger partial charge in [-0.15, -0.1) is 4.40 Å². The summed E-state index contributed by atoms with van der Waals surface area (Å²) in [4.78, 5) is 24.3. The number of carboxylic acid groups (broad SMARTS) is 1. The number of allylic oxidation sites excluding steroid dienone is 2. The molecule has 108 valence electrons. The first kappa shape index (κ1) is 14.3. The number of hydrogen-bond donors (Lipinski definition) is 2. The molecule has 2 aliphatic heterocycles. The van der Waals surface area contributed by atoms with E-state index in [1.54, 1.807) is 17.2 Å². The molecule has 0 spiro atoms. The molecule has 0 saturated heterocycles. The maximum absolute atomic E-state index is 12.0. The minimum Gasteiger partial charge on any atom is -0.480 e. The fraction of sp³-hybridized carbons (Fsp3) is 0.364. The Morgan fingerprint density at radius 3 is 2.85 bits per heavy atom. The Kier molecular flexibility index (Phi) is 3.62. The Labute approximate surface area is 115 Å². The lowest BCUT2D eigenvalue weighted by atomic mass is 10.1. The van der Waals surface area contributed by atoms with Crippen LogP contribution in [0, 0.1) is 0 Å². The zero-order valence-corrected chi connectivity index (χ0v) is 11.4. The second kappa shape index (κ2) is 5.08. The van der Waals surface area contributed by atoms with Crippen LogP contribution in [0.5, 0.6) is 0 Å². The molecule has 8 nitrogen and oxygen atoms in total. The molecule has 2 aliphatic rings. The smallest absolute Gasteiger partial charge is 0.325 e. The minimum atomic E-state index is -3.59. The fourth-order valence-corrected chi connectivity index (χ4v) is 2.71. The number of rotatable bonds is 3. The minimum absolute atomic E-state index is 0.0221. The van der Waals surface area contributed by atoms with E-state index < -0.39 is 27.9 Å². The maximum Gasteiger partial charge on any atom is 0.325 e. The van der Waals surface area contributed by atoms with Gasteiger partial charge in [0, 0.05) is 12.7 Å².